The summed E-state index contributed by atoms with van der Waals surface area (Å²) in [4.78, 5) is 29.0. The van der Waals surface area contributed by atoms with Gasteiger partial charge >= 0.3 is 0 Å². The molecule has 8 heteroatoms. The molecular weight excluding hydrogens is 455 g/mol. The molecule has 6 nitrogen and oxygen atoms in total. The fourth-order valence-electron chi connectivity index (χ4n) is 4.05. The number of anilines is 1. The van der Waals surface area contributed by atoms with Crippen molar-refractivity contribution in [1.29, 1.82) is 0 Å². The van der Waals surface area contributed by atoms with E-state index in [2.05, 4.69) is 5.32 Å². The smallest absolute Gasteiger partial charge is 0.246 e. The van der Waals surface area contributed by atoms with E-state index in [0.29, 0.717) is 43.1 Å². The van der Waals surface area contributed by atoms with Gasteiger partial charge in [0.2, 0.25) is 18.6 Å². The molecule has 0 aliphatic carbocycles. The molecule has 0 saturated carbocycles. The molecule has 1 saturated heterocycles. The second-order valence-corrected chi connectivity index (χ2v) is 9.31. The highest BCUT2D eigenvalue weighted by Crippen LogP contribution is 2.34. The first-order valence-corrected chi connectivity index (χ1v) is 11.9. The third-order valence-corrected chi connectivity index (χ3v) is 7.06. The van der Waals surface area contributed by atoms with Gasteiger partial charge in [-0.1, -0.05) is 12.1 Å². The number of piperidine rings is 1. The quantitative estimate of drug-likeness (QED) is 0.514. The van der Waals surface area contributed by atoms with Crippen LogP contribution in [0.2, 0.25) is 0 Å². The number of likely N-dealkylation sites (tertiary alicyclic amines) is 1. The molecular formula is C26H23FN2O4S. The highest BCUT2D eigenvalue weighted by atomic mass is 32.1. The summed E-state index contributed by atoms with van der Waals surface area (Å²) >= 11 is 1.54. The van der Waals surface area contributed by atoms with Crippen LogP contribution in [0.15, 0.2) is 60.7 Å². The van der Waals surface area contributed by atoms with E-state index in [0.717, 1.165) is 15.3 Å². The molecule has 34 heavy (non-hydrogen) atoms. The zero-order chi connectivity index (χ0) is 23.5. The van der Waals surface area contributed by atoms with Crippen molar-refractivity contribution in [3.05, 3.63) is 71.4 Å². The van der Waals surface area contributed by atoms with Crippen LogP contribution in [-0.2, 0) is 9.59 Å². The molecule has 5 rings (SSSR count). The lowest BCUT2D eigenvalue weighted by molar-refractivity contribution is -0.130. The number of halogens is 1. The Morgan fingerprint density at radius 2 is 1.76 bits per heavy atom. The number of nitrogens with zero attached hydrogens (tertiary/aromatic N) is 1. The number of amides is 2. The van der Waals surface area contributed by atoms with Crippen molar-refractivity contribution >= 4 is 34.9 Å². The van der Waals surface area contributed by atoms with Gasteiger partial charge in [0.15, 0.2) is 11.5 Å². The van der Waals surface area contributed by atoms with Gasteiger partial charge in [0.1, 0.15) is 5.82 Å². The summed E-state index contributed by atoms with van der Waals surface area (Å²) in [5.74, 6) is 0.779. The Kier molecular flexibility index (Phi) is 6.31. The lowest BCUT2D eigenvalue weighted by Crippen LogP contribution is -2.40. The average molecular weight is 479 g/mol. The van der Waals surface area contributed by atoms with E-state index in [1.165, 1.54) is 12.1 Å². The molecule has 0 spiro atoms. The summed E-state index contributed by atoms with van der Waals surface area (Å²) in [5.41, 5.74) is 1.62. The highest BCUT2D eigenvalue weighted by Gasteiger charge is 2.27. The van der Waals surface area contributed by atoms with Gasteiger partial charge in [-0.25, -0.2) is 4.39 Å². The zero-order valence-corrected chi connectivity index (χ0v) is 19.1. The van der Waals surface area contributed by atoms with Crippen LogP contribution in [0.4, 0.5) is 10.1 Å². The van der Waals surface area contributed by atoms with Gasteiger partial charge < -0.3 is 19.7 Å². The molecule has 0 atom stereocenters. The van der Waals surface area contributed by atoms with Crippen LogP contribution in [0, 0.1) is 11.7 Å². The maximum atomic E-state index is 13.1. The Morgan fingerprint density at radius 3 is 2.56 bits per heavy atom. The van der Waals surface area contributed by atoms with Crippen molar-refractivity contribution in [2.24, 2.45) is 5.92 Å². The van der Waals surface area contributed by atoms with Gasteiger partial charge in [0.05, 0.1) is 0 Å². The number of hydrogen-bond donors (Lipinski definition) is 1. The zero-order valence-electron chi connectivity index (χ0n) is 18.3. The fraction of sp³-hybridized carbons (Fsp3) is 0.231. The monoisotopic (exact) mass is 478 g/mol. The van der Waals surface area contributed by atoms with Crippen LogP contribution in [-0.4, -0.2) is 36.6 Å². The van der Waals surface area contributed by atoms with Gasteiger partial charge in [0.25, 0.3) is 0 Å². The van der Waals surface area contributed by atoms with Crippen molar-refractivity contribution in [2.45, 2.75) is 12.8 Å². The molecule has 2 amide bonds. The molecule has 0 bridgehead atoms. The molecule has 2 aromatic carbocycles. The largest absolute Gasteiger partial charge is 0.454 e. The van der Waals surface area contributed by atoms with E-state index in [9.17, 15) is 14.0 Å². The number of carbonyl (C=O) groups excluding carboxylic acids is 2. The van der Waals surface area contributed by atoms with Crippen molar-refractivity contribution in [3.8, 4) is 21.9 Å². The molecule has 1 aromatic heterocycles. The summed E-state index contributed by atoms with van der Waals surface area (Å²) < 4.78 is 23.8. The van der Waals surface area contributed by atoms with E-state index in [1.807, 2.05) is 12.1 Å². The third-order valence-electron chi connectivity index (χ3n) is 5.96. The van der Waals surface area contributed by atoms with Crippen LogP contribution < -0.4 is 14.8 Å². The number of carbonyl (C=O) groups is 2. The molecule has 2 aliphatic heterocycles. The third kappa shape index (κ3) is 4.97. The Hall–Kier alpha value is -3.65. The van der Waals surface area contributed by atoms with Crippen LogP contribution in [0.3, 0.4) is 0 Å². The second kappa shape index (κ2) is 9.69. The van der Waals surface area contributed by atoms with Gasteiger partial charge in [-0.2, -0.15) is 0 Å². The first-order chi connectivity index (χ1) is 16.5. The molecule has 1 fully saturated rings. The van der Waals surface area contributed by atoms with Gasteiger partial charge in [-0.15, -0.1) is 11.3 Å². The van der Waals surface area contributed by atoms with Crippen LogP contribution in [0.5, 0.6) is 11.5 Å². The summed E-state index contributed by atoms with van der Waals surface area (Å²) in [6.45, 7) is 1.26. The number of thiophene rings is 1. The summed E-state index contributed by atoms with van der Waals surface area (Å²) in [6.07, 6.45) is 4.61. The fourth-order valence-corrected chi connectivity index (χ4v) is 4.97. The minimum atomic E-state index is -0.264. The van der Waals surface area contributed by atoms with Crippen LogP contribution in [0.25, 0.3) is 16.5 Å². The first kappa shape index (κ1) is 22.2. The second-order valence-electron chi connectivity index (χ2n) is 8.20. The van der Waals surface area contributed by atoms with Gasteiger partial charge in [-0.3, -0.25) is 9.59 Å². The lowest BCUT2D eigenvalue weighted by atomic mass is 9.95. The molecule has 3 heterocycles. The number of hydrogen-bond acceptors (Lipinski definition) is 5. The van der Waals surface area contributed by atoms with E-state index >= 15 is 0 Å². The molecule has 3 aromatic rings. The summed E-state index contributed by atoms with van der Waals surface area (Å²) in [7, 11) is 0. The van der Waals surface area contributed by atoms with Crippen molar-refractivity contribution < 1.29 is 23.5 Å². The van der Waals surface area contributed by atoms with E-state index in [4.69, 9.17) is 9.47 Å². The predicted molar refractivity (Wildman–Crippen MR) is 129 cm³/mol. The van der Waals surface area contributed by atoms with E-state index in [1.54, 1.807) is 58.7 Å². The van der Waals surface area contributed by atoms with Crippen molar-refractivity contribution in [1.82, 2.24) is 4.90 Å². The van der Waals surface area contributed by atoms with Gasteiger partial charge in [0, 0.05) is 46.6 Å². The Labute approximate surface area is 200 Å². The predicted octanol–water partition coefficient (Wildman–Crippen LogP) is 5.17. The highest BCUT2D eigenvalue weighted by molar-refractivity contribution is 7.16. The number of fused-ring (bicyclic) bond motifs is 1. The van der Waals surface area contributed by atoms with Crippen molar-refractivity contribution in [2.75, 3.05) is 25.2 Å². The number of nitrogens with one attached hydrogen (secondary N) is 1. The first-order valence-electron chi connectivity index (χ1n) is 11.1. The summed E-state index contributed by atoms with van der Waals surface area (Å²) in [5, 5.41) is 2.94. The van der Waals surface area contributed by atoms with Crippen LogP contribution >= 0.6 is 11.3 Å². The standard InChI is InChI=1S/C26H23FN2O4S/c27-19-3-1-17(2-4-19)24-9-6-21(34-24)7-10-25(30)29-13-11-18(12-14-29)26(31)28-20-5-8-22-23(15-20)33-16-32-22/h1-10,15,18H,11-14,16H2,(H,28,31)/b10-7+. The Morgan fingerprint density at radius 1 is 1.00 bits per heavy atom. The maximum absolute atomic E-state index is 13.1. The normalized spacial score (nSPS) is 15.6. The number of ether oxygens (including phenoxy) is 2. The molecule has 0 unspecified atom stereocenters. The van der Waals surface area contributed by atoms with E-state index < -0.39 is 0 Å². The van der Waals surface area contributed by atoms with Gasteiger partial charge in [-0.05, 0) is 60.9 Å². The average Bonchev–Trinajstić information content (AvgIpc) is 3.52. The number of rotatable bonds is 5. The van der Waals surface area contributed by atoms with Crippen LogP contribution in [0.1, 0.15) is 17.7 Å². The minimum Gasteiger partial charge on any atom is -0.454 e. The molecule has 174 valence electrons. The maximum Gasteiger partial charge on any atom is 0.246 e. The SMILES string of the molecule is O=C(Nc1ccc2c(c1)OCO2)C1CCN(C(=O)/C=C/c2ccc(-c3ccc(F)cc3)s2)CC1. The number of benzene rings is 2. The lowest BCUT2D eigenvalue weighted by Gasteiger charge is -2.30. The molecule has 1 N–H and O–H groups in total. The minimum absolute atomic E-state index is 0.0478. The van der Waals surface area contributed by atoms with Crippen molar-refractivity contribution in [3.63, 3.8) is 0 Å². The Balaban J connectivity index is 1.12. The Bertz CT molecular complexity index is 1230. The molecule has 2 aliphatic rings. The topological polar surface area (TPSA) is 67.9 Å². The van der Waals surface area contributed by atoms with E-state index in [-0.39, 0.29) is 30.3 Å². The molecule has 0 radical (unpaired) electrons. The summed E-state index contributed by atoms with van der Waals surface area (Å²) in [6, 6.07) is 15.6.